The molecule has 25 heavy (non-hydrogen) atoms. The largest absolute Gasteiger partial charge is 0.484 e. The van der Waals surface area contributed by atoms with Gasteiger partial charge >= 0.3 is 0 Å². The van der Waals surface area contributed by atoms with Crippen LogP contribution in [0, 0.1) is 11.6 Å². The highest BCUT2D eigenvalue weighted by atomic mass is 19.2. The van der Waals surface area contributed by atoms with Gasteiger partial charge in [0.1, 0.15) is 5.75 Å². The van der Waals surface area contributed by atoms with Crippen molar-refractivity contribution in [2.45, 2.75) is 13.3 Å². The van der Waals surface area contributed by atoms with Gasteiger partial charge < -0.3 is 15.0 Å². The summed E-state index contributed by atoms with van der Waals surface area (Å²) >= 11 is 0. The van der Waals surface area contributed by atoms with Crippen molar-refractivity contribution in [1.29, 1.82) is 0 Å². The van der Waals surface area contributed by atoms with Gasteiger partial charge in [-0.2, -0.15) is 0 Å². The molecule has 2 amide bonds. The van der Waals surface area contributed by atoms with E-state index in [4.69, 9.17) is 4.74 Å². The number of benzene rings is 2. The molecule has 7 heteroatoms. The second-order valence-electron chi connectivity index (χ2n) is 5.68. The third-order valence-electron chi connectivity index (χ3n) is 3.90. The summed E-state index contributed by atoms with van der Waals surface area (Å²) in [5.74, 6) is -2.39. The number of hydrogen-bond acceptors (Lipinski definition) is 3. The Morgan fingerprint density at radius 1 is 1.16 bits per heavy atom. The van der Waals surface area contributed by atoms with Gasteiger partial charge in [-0.25, -0.2) is 8.78 Å². The summed E-state index contributed by atoms with van der Waals surface area (Å²) in [6.07, 6.45) is 0.726. The molecular weight excluding hydrogens is 330 g/mol. The molecule has 5 nitrogen and oxygen atoms in total. The number of carbonyl (C=O) groups is 2. The van der Waals surface area contributed by atoms with Crippen molar-refractivity contribution in [2.24, 2.45) is 0 Å². The first kappa shape index (κ1) is 16.9. The van der Waals surface area contributed by atoms with E-state index in [0.717, 1.165) is 29.8 Å². The van der Waals surface area contributed by atoms with Gasteiger partial charge in [0, 0.05) is 30.9 Å². The van der Waals surface area contributed by atoms with Crippen LogP contribution in [0.2, 0.25) is 0 Å². The van der Waals surface area contributed by atoms with Crippen molar-refractivity contribution in [1.82, 2.24) is 0 Å². The van der Waals surface area contributed by atoms with Crippen LogP contribution in [0.4, 0.5) is 20.2 Å². The van der Waals surface area contributed by atoms with Crippen LogP contribution in [-0.4, -0.2) is 25.0 Å². The Morgan fingerprint density at radius 2 is 1.96 bits per heavy atom. The van der Waals surface area contributed by atoms with Crippen LogP contribution in [0.25, 0.3) is 0 Å². The molecule has 0 saturated carbocycles. The summed E-state index contributed by atoms with van der Waals surface area (Å²) < 4.78 is 31.1. The lowest BCUT2D eigenvalue weighted by atomic mass is 10.1. The van der Waals surface area contributed by atoms with Crippen molar-refractivity contribution < 1.29 is 23.1 Å². The summed E-state index contributed by atoms with van der Waals surface area (Å²) in [6.45, 7) is 1.81. The van der Waals surface area contributed by atoms with Gasteiger partial charge in [-0.1, -0.05) is 0 Å². The van der Waals surface area contributed by atoms with Crippen molar-refractivity contribution in [3.8, 4) is 5.75 Å². The van der Waals surface area contributed by atoms with Gasteiger partial charge in [-0.15, -0.1) is 0 Å². The molecule has 0 fully saturated rings. The molecule has 1 aliphatic heterocycles. The average molecular weight is 346 g/mol. The minimum Gasteiger partial charge on any atom is -0.484 e. The molecule has 0 bridgehead atoms. The summed E-state index contributed by atoms with van der Waals surface area (Å²) in [4.78, 5) is 25.2. The number of nitrogens with one attached hydrogen (secondary N) is 1. The van der Waals surface area contributed by atoms with E-state index in [1.54, 1.807) is 17.0 Å². The minimum atomic E-state index is -1.04. The predicted octanol–water partition coefficient (Wildman–Crippen LogP) is 2.89. The van der Waals surface area contributed by atoms with Crippen molar-refractivity contribution in [2.75, 3.05) is 23.4 Å². The van der Waals surface area contributed by atoms with Crippen molar-refractivity contribution in [3.05, 3.63) is 53.6 Å². The Balaban J connectivity index is 1.60. The molecular formula is C18H16F2N2O3. The molecule has 1 aliphatic rings. The first-order valence-electron chi connectivity index (χ1n) is 7.73. The fourth-order valence-electron chi connectivity index (χ4n) is 2.72. The van der Waals surface area contributed by atoms with E-state index in [1.807, 2.05) is 6.07 Å². The Bertz CT molecular complexity index is 839. The first-order valence-corrected chi connectivity index (χ1v) is 7.73. The monoisotopic (exact) mass is 346 g/mol. The highest BCUT2D eigenvalue weighted by Gasteiger charge is 2.22. The summed E-state index contributed by atoms with van der Waals surface area (Å²) in [7, 11) is 0. The van der Waals surface area contributed by atoms with Gasteiger partial charge in [0.15, 0.2) is 18.2 Å². The average Bonchev–Trinajstić information content (AvgIpc) is 2.99. The van der Waals surface area contributed by atoms with Crippen molar-refractivity contribution in [3.63, 3.8) is 0 Å². The lowest BCUT2D eigenvalue weighted by Crippen LogP contribution is -2.25. The molecule has 0 radical (unpaired) electrons. The van der Waals surface area contributed by atoms with Gasteiger partial charge in [0.25, 0.3) is 5.91 Å². The molecule has 1 heterocycles. The van der Waals surface area contributed by atoms with E-state index in [2.05, 4.69) is 5.32 Å². The molecule has 130 valence electrons. The van der Waals surface area contributed by atoms with E-state index in [9.17, 15) is 18.4 Å². The SMILES string of the molecule is CC(=O)N1CCc2cc(NC(=O)COc3ccc(F)c(F)c3)ccc21. The van der Waals surface area contributed by atoms with Gasteiger partial charge in [0.2, 0.25) is 5.91 Å². The van der Waals surface area contributed by atoms with Crippen LogP contribution < -0.4 is 15.0 Å². The molecule has 2 aromatic rings. The number of nitrogens with zero attached hydrogens (tertiary/aromatic N) is 1. The summed E-state index contributed by atoms with van der Waals surface area (Å²) in [5.41, 5.74) is 2.42. The molecule has 0 atom stereocenters. The third-order valence-corrected chi connectivity index (χ3v) is 3.90. The highest BCUT2D eigenvalue weighted by molar-refractivity contribution is 5.95. The summed E-state index contributed by atoms with van der Waals surface area (Å²) in [6, 6.07) is 8.37. The summed E-state index contributed by atoms with van der Waals surface area (Å²) in [5, 5.41) is 2.68. The van der Waals surface area contributed by atoms with E-state index in [0.29, 0.717) is 12.2 Å². The Kier molecular flexibility index (Phi) is 4.65. The topological polar surface area (TPSA) is 58.6 Å². The number of fused-ring (bicyclic) bond motifs is 1. The van der Waals surface area contributed by atoms with Crippen molar-refractivity contribution >= 4 is 23.2 Å². The molecule has 0 aromatic heterocycles. The standard InChI is InChI=1S/C18H16F2N2O3/c1-11(23)22-7-6-12-8-13(2-5-17(12)22)21-18(24)10-25-14-3-4-15(19)16(20)9-14/h2-5,8-9H,6-7,10H2,1H3,(H,21,24). The number of rotatable bonds is 4. The number of amides is 2. The maximum Gasteiger partial charge on any atom is 0.262 e. The molecule has 0 aliphatic carbocycles. The highest BCUT2D eigenvalue weighted by Crippen LogP contribution is 2.30. The zero-order valence-corrected chi connectivity index (χ0v) is 13.5. The molecule has 0 spiro atoms. The van der Waals surface area contributed by atoms with Crippen LogP contribution in [0.15, 0.2) is 36.4 Å². The predicted molar refractivity (Wildman–Crippen MR) is 88.7 cm³/mol. The lowest BCUT2D eigenvalue weighted by Gasteiger charge is -2.15. The maximum absolute atomic E-state index is 13.1. The van der Waals surface area contributed by atoms with Crippen LogP contribution >= 0.6 is 0 Å². The zero-order valence-electron chi connectivity index (χ0n) is 13.5. The van der Waals surface area contributed by atoms with Gasteiger partial charge in [0.05, 0.1) is 0 Å². The molecule has 1 N–H and O–H groups in total. The second-order valence-corrected chi connectivity index (χ2v) is 5.68. The number of ether oxygens (including phenoxy) is 1. The van der Waals surface area contributed by atoms with E-state index in [-0.39, 0.29) is 18.3 Å². The zero-order chi connectivity index (χ0) is 18.0. The number of anilines is 2. The van der Waals surface area contributed by atoms with E-state index < -0.39 is 17.5 Å². The van der Waals surface area contributed by atoms with Gasteiger partial charge in [-0.05, 0) is 42.3 Å². The number of carbonyl (C=O) groups excluding carboxylic acids is 2. The molecule has 0 unspecified atom stereocenters. The van der Waals surface area contributed by atoms with Crippen LogP contribution in [0.3, 0.4) is 0 Å². The smallest absolute Gasteiger partial charge is 0.262 e. The van der Waals surface area contributed by atoms with E-state index in [1.165, 1.54) is 13.0 Å². The fourth-order valence-corrected chi connectivity index (χ4v) is 2.72. The normalized spacial score (nSPS) is 12.7. The Morgan fingerprint density at radius 3 is 2.68 bits per heavy atom. The Labute approximate surface area is 143 Å². The molecule has 3 rings (SSSR count). The molecule has 0 saturated heterocycles. The quantitative estimate of drug-likeness (QED) is 0.926. The van der Waals surface area contributed by atoms with E-state index >= 15 is 0 Å². The van der Waals surface area contributed by atoms with Crippen LogP contribution in [0.1, 0.15) is 12.5 Å². The third kappa shape index (κ3) is 3.76. The molecule has 2 aromatic carbocycles. The number of hydrogen-bond donors (Lipinski definition) is 1. The Hall–Kier alpha value is -2.96. The van der Waals surface area contributed by atoms with Crippen LogP contribution in [-0.2, 0) is 16.0 Å². The fraction of sp³-hybridized carbons (Fsp3) is 0.222. The second kappa shape index (κ2) is 6.88. The van der Waals surface area contributed by atoms with Gasteiger partial charge in [-0.3, -0.25) is 9.59 Å². The van der Waals surface area contributed by atoms with Crippen LogP contribution in [0.5, 0.6) is 5.75 Å². The first-order chi connectivity index (χ1) is 11.9. The lowest BCUT2D eigenvalue weighted by molar-refractivity contribution is -0.118. The minimum absolute atomic E-state index is 0.0181. The maximum atomic E-state index is 13.1. The number of halogens is 2.